The first kappa shape index (κ1) is 31.1. The standard InChI is InChI=1S/C33H40O10/c1-20-16-28(42-29(37)11-10-23-8-6-5-7-9-23)33-26(30(40-21(2)34)43-31(33)41-22(3)35)17-25(36)18-27(33)32(20,4)14-12-24-13-15-38-39-19-24/h5-11,13,17,20,25,27-28,30-31,36H,12,14-16,18-19H2,1-4H3/b11-10+/t20-,25+,27+,28-,30+,31-,32-,33?/m1/s1. The first-order valence-electron chi connectivity index (χ1n) is 14.8. The molecule has 2 aliphatic carbocycles. The van der Waals surface area contributed by atoms with E-state index in [1.165, 1.54) is 19.9 Å². The Balaban J connectivity index is 1.57. The van der Waals surface area contributed by atoms with Gasteiger partial charge in [-0.1, -0.05) is 50.3 Å². The van der Waals surface area contributed by atoms with Crippen molar-refractivity contribution >= 4 is 24.0 Å². The predicted octanol–water partition coefficient (Wildman–Crippen LogP) is 4.43. The summed E-state index contributed by atoms with van der Waals surface area (Å²) in [6.07, 6.45) is 4.74. The summed E-state index contributed by atoms with van der Waals surface area (Å²) in [5.74, 6) is -2.10. The molecule has 232 valence electrons. The van der Waals surface area contributed by atoms with Crippen LogP contribution in [0.25, 0.3) is 6.08 Å². The molecule has 2 heterocycles. The van der Waals surface area contributed by atoms with Crippen LogP contribution in [0.4, 0.5) is 0 Å². The fourth-order valence-electron chi connectivity index (χ4n) is 7.42. The van der Waals surface area contributed by atoms with Crippen molar-refractivity contribution in [1.82, 2.24) is 0 Å². The molecule has 1 saturated carbocycles. The van der Waals surface area contributed by atoms with E-state index in [-0.39, 0.29) is 11.8 Å². The Morgan fingerprint density at radius 1 is 1.05 bits per heavy atom. The van der Waals surface area contributed by atoms with Gasteiger partial charge in [-0.15, -0.1) is 0 Å². The molecule has 43 heavy (non-hydrogen) atoms. The molecule has 8 atom stereocenters. The third-order valence-electron chi connectivity index (χ3n) is 9.61. The molecule has 1 unspecified atom stereocenters. The monoisotopic (exact) mass is 596 g/mol. The van der Waals surface area contributed by atoms with Gasteiger partial charge in [0.2, 0.25) is 12.6 Å². The third kappa shape index (κ3) is 6.20. The van der Waals surface area contributed by atoms with E-state index in [4.69, 9.17) is 28.7 Å². The van der Waals surface area contributed by atoms with Crippen molar-refractivity contribution in [2.45, 2.75) is 78.2 Å². The zero-order valence-electron chi connectivity index (χ0n) is 25.0. The predicted molar refractivity (Wildman–Crippen MR) is 153 cm³/mol. The zero-order chi connectivity index (χ0) is 30.8. The minimum atomic E-state index is -1.22. The number of ether oxygens (including phenoxy) is 4. The average Bonchev–Trinajstić information content (AvgIpc) is 3.26. The molecule has 10 nitrogen and oxygen atoms in total. The van der Waals surface area contributed by atoms with Gasteiger partial charge in [0.05, 0.1) is 6.10 Å². The molecule has 0 radical (unpaired) electrons. The highest BCUT2D eigenvalue weighted by atomic mass is 17.2. The number of carbonyl (C=O) groups excluding carboxylic acids is 3. The molecule has 1 N–H and O–H groups in total. The van der Waals surface area contributed by atoms with Crippen molar-refractivity contribution in [1.29, 1.82) is 0 Å². The molecule has 1 spiro atoms. The maximum atomic E-state index is 13.4. The van der Waals surface area contributed by atoms with Crippen molar-refractivity contribution in [3.63, 3.8) is 0 Å². The number of hydrogen-bond donors (Lipinski definition) is 1. The van der Waals surface area contributed by atoms with E-state index in [2.05, 4.69) is 13.8 Å². The highest BCUT2D eigenvalue weighted by molar-refractivity contribution is 5.87. The molecular weight excluding hydrogens is 556 g/mol. The Morgan fingerprint density at radius 3 is 2.47 bits per heavy atom. The Bertz CT molecular complexity index is 1300. The number of carbonyl (C=O) groups is 3. The van der Waals surface area contributed by atoms with Crippen LogP contribution in [-0.2, 0) is 43.1 Å². The van der Waals surface area contributed by atoms with E-state index in [1.54, 1.807) is 12.2 Å². The van der Waals surface area contributed by atoms with Gasteiger partial charge in [-0.25, -0.2) is 14.6 Å². The molecule has 4 aliphatic rings. The first-order chi connectivity index (χ1) is 20.5. The maximum Gasteiger partial charge on any atom is 0.331 e. The minimum absolute atomic E-state index is 0.0256. The average molecular weight is 597 g/mol. The second-order valence-electron chi connectivity index (χ2n) is 12.2. The second-order valence-corrected chi connectivity index (χ2v) is 12.2. The number of hydrogen-bond acceptors (Lipinski definition) is 10. The largest absolute Gasteiger partial charge is 0.458 e. The SMILES string of the molecule is CC(=O)O[C@H]1O[C@@H](OC(C)=O)C23C1=C[C@H](O)C[C@H]2[C@](C)(CCC1=CCOOC1)[C@H](C)C[C@H]3OC(=O)/C=C/c1ccccc1. The van der Waals surface area contributed by atoms with Gasteiger partial charge in [-0.2, -0.15) is 0 Å². The molecule has 2 fully saturated rings. The minimum Gasteiger partial charge on any atom is -0.458 e. The summed E-state index contributed by atoms with van der Waals surface area (Å²) in [6.45, 7) is 7.57. The van der Waals surface area contributed by atoms with Crippen LogP contribution in [-0.4, -0.2) is 61.0 Å². The number of aliphatic hydroxyl groups excluding tert-OH is 1. The topological polar surface area (TPSA) is 127 Å². The van der Waals surface area contributed by atoms with Crippen molar-refractivity contribution in [3.05, 3.63) is 65.3 Å². The van der Waals surface area contributed by atoms with E-state index < -0.39 is 53.5 Å². The molecule has 0 amide bonds. The second kappa shape index (κ2) is 12.7. The molecule has 1 saturated heterocycles. The highest BCUT2D eigenvalue weighted by Gasteiger charge is 2.72. The van der Waals surface area contributed by atoms with Crippen molar-refractivity contribution in [2.24, 2.45) is 22.7 Å². The summed E-state index contributed by atoms with van der Waals surface area (Å²) in [4.78, 5) is 48.2. The van der Waals surface area contributed by atoms with Crippen LogP contribution in [0.5, 0.6) is 0 Å². The van der Waals surface area contributed by atoms with Crippen LogP contribution in [0.15, 0.2) is 59.7 Å². The summed E-state index contributed by atoms with van der Waals surface area (Å²) < 4.78 is 23.8. The van der Waals surface area contributed by atoms with E-state index in [9.17, 15) is 19.5 Å². The van der Waals surface area contributed by atoms with Crippen LogP contribution >= 0.6 is 0 Å². The summed E-state index contributed by atoms with van der Waals surface area (Å²) in [5.41, 5.74) is 0.759. The third-order valence-corrected chi connectivity index (χ3v) is 9.61. The summed E-state index contributed by atoms with van der Waals surface area (Å²) in [5, 5.41) is 11.2. The zero-order valence-corrected chi connectivity index (χ0v) is 25.0. The first-order valence-corrected chi connectivity index (χ1v) is 14.8. The van der Waals surface area contributed by atoms with Gasteiger partial charge >= 0.3 is 17.9 Å². The lowest BCUT2D eigenvalue weighted by atomic mass is 9.45. The van der Waals surface area contributed by atoms with Gasteiger partial charge in [-0.3, -0.25) is 14.3 Å². The number of rotatable bonds is 8. The van der Waals surface area contributed by atoms with Gasteiger partial charge in [0.15, 0.2) is 0 Å². The van der Waals surface area contributed by atoms with Gasteiger partial charge in [0.25, 0.3) is 0 Å². The highest BCUT2D eigenvalue weighted by Crippen LogP contribution is 2.67. The molecule has 0 bridgehead atoms. The molecule has 10 heteroatoms. The van der Waals surface area contributed by atoms with E-state index >= 15 is 0 Å². The van der Waals surface area contributed by atoms with Crippen molar-refractivity contribution < 1.29 is 48.2 Å². The van der Waals surface area contributed by atoms with Crippen LogP contribution in [0.3, 0.4) is 0 Å². The van der Waals surface area contributed by atoms with Crippen LogP contribution in [0.2, 0.25) is 0 Å². The number of aliphatic hydroxyl groups is 1. The summed E-state index contributed by atoms with van der Waals surface area (Å²) >= 11 is 0. The summed E-state index contributed by atoms with van der Waals surface area (Å²) in [7, 11) is 0. The number of esters is 3. The smallest absolute Gasteiger partial charge is 0.331 e. The Hall–Kier alpha value is -3.31. The molecule has 1 aromatic rings. The Morgan fingerprint density at radius 2 is 1.79 bits per heavy atom. The lowest BCUT2D eigenvalue weighted by molar-refractivity contribution is -0.286. The molecule has 1 aromatic carbocycles. The lowest BCUT2D eigenvalue weighted by Crippen LogP contribution is -2.63. The number of benzene rings is 1. The Kier molecular flexibility index (Phi) is 9.22. The van der Waals surface area contributed by atoms with Gasteiger partial charge in [0, 0.05) is 25.5 Å². The van der Waals surface area contributed by atoms with Gasteiger partial charge < -0.3 is 19.3 Å². The maximum absolute atomic E-state index is 13.4. The molecule has 5 rings (SSSR count). The van der Waals surface area contributed by atoms with Crippen LogP contribution < -0.4 is 0 Å². The normalized spacial score (nSPS) is 35.3. The van der Waals surface area contributed by atoms with E-state index in [0.717, 1.165) is 24.0 Å². The molecule has 0 aromatic heterocycles. The molecular formula is C33H40O10. The quantitative estimate of drug-likeness (QED) is 0.151. The van der Waals surface area contributed by atoms with E-state index in [1.807, 2.05) is 36.4 Å². The van der Waals surface area contributed by atoms with E-state index in [0.29, 0.717) is 31.6 Å². The fourth-order valence-corrected chi connectivity index (χ4v) is 7.42. The van der Waals surface area contributed by atoms with Crippen LogP contribution in [0, 0.1) is 22.7 Å². The molecule has 2 aliphatic heterocycles. The van der Waals surface area contributed by atoms with Gasteiger partial charge in [-0.05, 0) is 66.2 Å². The lowest BCUT2D eigenvalue weighted by Gasteiger charge is -2.60. The van der Waals surface area contributed by atoms with Crippen molar-refractivity contribution in [3.8, 4) is 0 Å². The fraction of sp³-hybridized carbons (Fsp3) is 0.545. The van der Waals surface area contributed by atoms with Gasteiger partial charge in [0.1, 0.15) is 24.7 Å². The van der Waals surface area contributed by atoms with Crippen LogP contribution in [0.1, 0.15) is 58.9 Å². The Labute approximate surface area is 251 Å². The van der Waals surface area contributed by atoms with Crippen molar-refractivity contribution in [2.75, 3.05) is 13.2 Å². The summed E-state index contributed by atoms with van der Waals surface area (Å²) in [6, 6.07) is 9.39.